The smallest absolute Gasteiger partial charge is 0.240 e. The van der Waals surface area contributed by atoms with Crippen molar-refractivity contribution in [3.05, 3.63) is 62.9 Å². The highest BCUT2D eigenvalue weighted by Crippen LogP contribution is 2.48. The van der Waals surface area contributed by atoms with E-state index in [2.05, 4.69) is 37.5 Å². The number of carbonyl (C=O) groups excluding carboxylic acids is 2. The van der Waals surface area contributed by atoms with Gasteiger partial charge in [-0.05, 0) is 54.4 Å². The van der Waals surface area contributed by atoms with Crippen molar-refractivity contribution in [2.45, 2.75) is 51.3 Å². The number of nitrogens with zero attached hydrogens (tertiary/aromatic N) is 3. The number of amides is 2. The van der Waals surface area contributed by atoms with Crippen LogP contribution in [0.2, 0.25) is 5.02 Å². The van der Waals surface area contributed by atoms with Crippen LogP contribution in [-0.4, -0.2) is 39.9 Å². The Hall–Kier alpha value is -2.29. The predicted octanol–water partition coefficient (Wildman–Crippen LogP) is 5.58. The van der Waals surface area contributed by atoms with Gasteiger partial charge in [0.2, 0.25) is 11.8 Å². The molecule has 0 bridgehead atoms. The molecule has 6 nitrogen and oxygen atoms in total. The standard InChI is InChI=1S/C25H29ClN4O2S2/c1-15(2)27-19(31)12-29-20(32)14-34-22(16-9-10-33-13-16)21-23(25(3,4)5)28-30(24(21)29)18-8-6-7-17(26)11-18/h6-11,13,15,22H,12,14H2,1-5H3,(H,27,31)/t22-/m0/s1. The highest BCUT2D eigenvalue weighted by molar-refractivity contribution is 8.00. The summed E-state index contributed by atoms with van der Waals surface area (Å²) in [6, 6.07) is 9.49. The fourth-order valence-electron chi connectivity index (χ4n) is 4.06. The van der Waals surface area contributed by atoms with Crippen molar-refractivity contribution in [2.75, 3.05) is 17.2 Å². The molecule has 3 heterocycles. The van der Waals surface area contributed by atoms with E-state index in [9.17, 15) is 9.59 Å². The van der Waals surface area contributed by atoms with Crippen molar-refractivity contribution < 1.29 is 9.59 Å². The third kappa shape index (κ3) is 5.04. The Morgan fingerprint density at radius 2 is 2.06 bits per heavy atom. The largest absolute Gasteiger partial charge is 0.352 e. The normalized spacial score (nSPS) is 16.5. The van der Waals surface area contributed by atoms with Gasteiger partial charge in [-0.1, -0.05) is 38.4 Å². The lowest BCUT2D eigenvalue weighted by atomic mass is 9.87. The third-order valence-corrected chi connectivity index (χ3v) is 7.64. The Morgan fingerprint density at radius 1 is 1.29 bits per heavy atom. The van der Waals surface area contributed by atoms with Crippen LogP contribution in [-0.2, 0) is 15.0 Å². The SMILES string of the molecule is CC(C)NC(=O)CN1C(=O)CS[C@@H](c2ccsc2)c2c(C(C)(C)C)nn(-c3cccc(Cl)c3)c21. The highest BCUT2D eigenvalue weighted by Gasteiger charge is 2.40. The first-order valence-electron chi connectivity index (χ1n) is 11.2. The zero-order valence-corrected chi connectivity index (χ0v) is 22.4. The van der Waals surface area contributed by atoms with Gasteiger partial charge in [0, 0.05) is 22.0 Å². The van der Waals surface area contributed by atoms with Crippen LogP contribution in [0.4, 0.5) is 5.82 Å². The molecule has 0 unspecified atom stereocenters. The van der Waals surface area contributed by atoms with Crippen LogP contribution < -0.4 is 10.2 Å². The first-order valence-corrected chi connectivity index (χ1v) is 13.6. The Kier molecular flexibility index (Phi) is 7.12. The maximum Gasteiger partial charge on any atom is 0.240 e. The number of fused-ring (bicyclic) bond motifs is 1. The van der Waals surface area contributed by atoms with Gasteiger partial charge in [-0.25, -0.2) is 4.68 Å². The van der Waals surface area contributed by atoms with Gasteiger partial charge < -0.3 is 5.32 Å². The lowest BCUT2D eigenvalue weighted by Crippen LogP contribution is -2.44. The summed E-state index contributed by atoms with van der Waals surface area (Å²) in [4.78, 5) is 27.9. The summed E-state index contributed by atoms with van der Waals surface area (Å²) < 4.78 is 1.79. The minimum absolute atomic E-state index is 0.0232. The van der Waals surface area contributed by atoms with Crippen molar-refractivity contribution in [2.24, 2.45) is 0 Å². The molecule has 0 saturated carbocycles. The molecule has 0 radical (unpaired) electrons. The Morgan fingerprint density at radius 3 is 2.68 bits per heavy atom. The molecule has 34 heavy (non-hydrogen) atoms. The number of aromatic nitrogens is 2. The molecule has 2 amide bonds. The molecule has 9 heteroatoms. The van der Waals surface area contributed by atoms with Gasteiger partial charge in [0.05, 0.1) is 22.4 Å². The maximum absolute atomic E-state index is 13.5. The number of thiophene rings is 1. The second-order valence-electron chi connectivity index (χ2n) is 9.68. The van der Waals surface area contributed by atoms with Gasteiger partial charge in [-0.15, -0.1) is 11.8 Å². The Labute approximate surface area is 213 Å². The summed E-state index contributed by atoms with van der Waals surface area (Å²) in [7, 11) is 0. The van der Waals surface area contributed by atoms with Crippen LogP contribution >= 0.6 is 34.7 Å². The number of benzene rings is 1. The average Bonchev–Trinajstić information content (AvgIpc) is 3.38. The van der Waals surface area contributed by atoms with E-state index in [0.29, 0.717) is 10.8 Å². The van der Waals surface area contributed by atoms with E-state index in [4.69, 9.17) is 16.7 Å². The molecule has 0 aliphatic carbocycles. The molecule has 0 spiro atoms. The van der Waals surface area contributed by atoms with Crippen LogP contribution in [0.1, 0.15) is 56.7 Å². The first-order chi connectivity index (χ1) is 16.1. The number of carbonyl (C=O) groups is 2. The monoisotopic (exact) mass is 516 g/mol. The molecule has 1 aromatic carbocycles. The van der Waals surface area contributed by atoms with Gasteiger partial charge in [0.15, 0.2) is 0 Å². The average molecular weight is 517 g/mol. The number of thioether (sulfide) groups is 1. The topological polar surface area (TPSA) is 67.2 Å². The van der Waals surface area contributed by atoms with Crippen molar-refractivity contribution in [1.82, 2.24) is 15.1 Å². The van der Waals surface area contributed by atoms with E-state index in [-0.39, 0.29) is 40.8 Å². The minimum Gasteiger partial charge on any atom is -0.352 e. The molecule has 3 aromatic rings. The zero-order valence-electron chi connectivity index (χ0n) is 20.0. The molecule has 0 saturated heterocycles. The predicted molar refractivity (Wildman–Crippen MR) is 142 cm³/mol. The van der Waals surface area contributed by atoms with Crippen molar-refractivity contribution in [3.63, 3.8) is 0 Å². The van der Waals surface area contributed by atoms with Gasteiger partial charge in [-0.3, -0.25) is 14.5 Å². The minimum atomic E-state index is -0.290. The van der Waals surface area contributed by atoms with Crippen LogP contribution in [0.15, 0.2) is 41.1 Å². The molecule has 4 rings (SSSR count). The molecule has 2 aromatic heterocycles. The molecule has 1 atom stereocenters. The van der Waals surface area contributed by atoms with Crippen LogP contribution in [0.25, 0.3) is 5.69 Å². The number of halogens is 1. The van der Waals surface area contributed by atoms with Crippen LogP contribution in [0.3, 0.4) is 0 Å². The van der Waals surface area contributed by atoms with Gasteiger partial charge in [-0.2, -0.15) is 16.4 Å². The fourth-order valence-corrected chi connectivity index (χ4v) is 6.20. The van der Waals surface area contributed by atoms with E-state index in [1.807, 2.05) is 37.4 Å². The summed E-state index contributed by atoms with van der Waals surface area (Å²) in [5.41, 5.74) is 3.46. The quantitative estimate of drug-likeness (QED) is 0.480. The molecule has 1 aliphatic rings. The summed E-state index contributed by atoms with van der Waals surface area (Å²) in [6.07, 6.45) is 0. The fraction of sp³-hybridized carbons (Fsp3) is 0.400. The highest BCUT2D eigenvalue weighted by atomic mass is 35.5. The number of anilines is 1. The van der Waals surface area contributed by atoms with Crippen molar-refractivity contribution in [3.8, 4) is 5.69 Å². The molecule has 1 N–H and O–H groups in total. The number of hydrogen-bond donors (Lipinski definition) is 1. The van der Waals surface area contributed by atoms with Gasteiger partial charge >= 0.3 is 0 Å². The van der Waals surface area contributed by atoms with Crippen LogP contribution in [0.5, 0.6) is 0 Å². The van der Waals surface area contributed by atoms with Gasteiger partial charge in [0.25, 0.3) is 0 Å². The van der Waals surface area contributed by atoms with E-state index >= 15 is 0 Å². The lowest BCUT2D eigenvalue weighted by Gasteiger charge is -2.24. The summed E-state index contributed by atoms with van der Waals surface area (Å²) >= 11 is 9.55. The third-order valence-electron chi connectivity index (χ3n) is 5.45. The summed E-state index contributed by atoms with van der Waals surface area (Å²) in [5, 5.41) is 12.6. The molecular weight excluding hydrogens is 488 g/mol. The second-order valence-corrected chi connectivity index (χ2v) is 12.0. The summed E-state index contributed by atoms with van der Waals surface area (Å²) in [6.45, 7) is 10.1. The zero-order chi connectivity index (χ0) is 24.6. The van der Waals surface area contributed by atoms with E-state index in [0.717, 1.165) is 22.5 Å². The van der Waals surface area contributed by atoms with E-state index < -0.39 is 0 Å². The van der Waals surface area contributed by atoms with Crippen molar-refractivity contribution >= 4 is 52.3 Å². The second kappa shape index (κ2) is 9.76. The van der Waals surface area contributed by atoms with E-state index in [1.54, 1.807) is 38.7 Å². The maximum atomic E-state index is 13.5. The number of rotatable bonds is 5. The molecular formula is C25H29ClN4O2S2. The van der Waals surface area contributed by atoms with E-state index in [1.165, 1.54) is 0 Å². The molecule has 0 fully saturated rings. The molecule has 1 aliphatic heterocycles. The number of nitrogens with one attached hydrogen (secondary N) is 1. The molecule has 180 valence electrons. The Bertz CT molecular complexity index is 1200. The van der Waals surface area contributed by atoms with Gasteiger partial charge in [0.1, 0.15) is 12.4 Å². The first kappa shape index (κ1) is 24.8. The number of hydrogen-bond acceptors (Lipinski definition) is 5. The Balaban J connectivity index is 2.00. The van der Waals surface area contributed by atoms with Crippen molar-refractivity contribution in [1.29, 1.82) is 0 Å². The summed E-state index contributed by atoms with van der Waals surface area (Å²) in [5.74, 6) is 0.580. The van der Waals surface area contributed by atoms with Crippen LogP contribution in [0, 0.1) is 0 Å². The lowest BCUT2D eigenvalue weighted by molar-refractivity contribution is -0.123.